The van der Waals surface area contributed by atoms with E-state index in [0.717, 1.165) is 11.3 Å². The van der Waals surface area contributed by atoms with Gasteiger partial charge in [-0.2, -0.15) is 0 Å². The largest absolute Gasteiger partial charge is 0.347 e. The Morgan fingerprint density at radius 2 is 1.96 bits per heavy atom. The number of nitrogens with zero attached hydrogens (tertiary/aromatic N) is 1. The second-order valence-corrected chi connectivity index (χ2v) is 6.22. The lowest BCUT2D eigenvalue weighted by Gasteiger charge is -2.17. The summed E-state index contributed by atoms with van der Waals surface area (Å²) in [4.78, 5) is 26.1. The van der Waals surface area contributed by atoms with Gasteiger partial charge in [0, 0.05) is 18.7 Å². The zero-order valence-corrected chi connectivity index (χ0v) is 13.8. The Hall–Kier alpha value is -2.40. The Balaban J connectivity index is 1.72. The summed E-state index contributed by atoms with van der Waals surface area (Å²) in [5, 5.41) is 2.74. The van der Waals surface area contributed by atoms with Gasteiger partial charge in [-0.25, -0.2) is 4.39 Å². The van der Waals surface area contributed by atoms with Crippen LogP contribution in [0.4, 0.5) is 10.1 Å². The van der Waals surface area contributed by atoms with Crippen LogP contribution in [0, 0.1) is 12.7 Å². The summed E-state index contributed by atoms with van der Waals surface area (Å²) in [6.45, 7) is 2.32. The standard InChI is InChI=1S/C18H16ClFN2O2/c1-11-5-7-13(8-6-11)22-10-12(9-16(22)23)21-18(24)17-14(19)3-2-4-15(17)20/h2-8,12H,9-10H2,1H3,(H,21,24)/t12-/m1/s1. The van der Waals surface area contributed by atoms with E-state index >= 15 is 0 Å². The number of anilines is 1. The van der Waals surface area contributed by atoms with Crippen molar-refractivity contribution in [2.75, 3.05) is 11.4 Å². The van der Waals surface area contributed by atoms with Crippen LogP contribution in [0.2, 0.25) is 5.02 Å². The number of halogens is 2. The number of carbonyl (C=O) groups is 2. The average molecular weight is 347 g/mol. The average Bonchev–Trinajstić information content (AvgIpc) is 2.88. The van der Waals surface area contributed by atoms with Gasteiger partial charge >= 0.3 is 0 Å². The molecule has 6 heteroatoms. The first kappa shape index (κ1) is 16.5. The molecule has 1 saturated heterocycles. The molecule has 0 saturated carbocycles. The number of hydrogen-bond acceptors (Lipinski definition) is 2. The maximum Gasteiger partial charge on any atom is 0.256 e. The fraction of sp³-hybridized carbons (Fsp3) is 0.222. The number of aryl methyl sites for hydroxylation is 1. The fourth-order valence-corrected chi connectivity index (χ4v) is 3.00. The molecule has 4 nitrogen and oxygen atoms in total. The summed E-state index contributed by atoms with van der Waals surface area (Å²) in [5.74, 6) is -1.37. The Morgan fingerprint density at radius 3 is 2.62 bits per heavy atom. The predicted octanol–water partition coefficient (Wildman–Crippen LogP) is 3.32. The summed E-state index contributed by atoms with van der Waals surface area (Å²) in [5.41, 5.74) is 1.69. The van der Waals surface area contributed by atoms with Crippen molar-refractivity contribution in [2.45, 2.75) is 19.4 Å². The minimum absolute atomic E-state index is 0.0483. The minimum Gasteiger partial charge on any atom is -0.347 e. The van der Waals surface area contributed by atoms with Gasteiger partial charge in [-0.05, 0) is 31.2 Å². The SMILES string of the molecule is Cc1ccc(N2C[C@H](NC(=O)c3c(F)cccc3Cl)CC2=O)cc1. The highest BCUT2D eigenvalue weighted by atomic mass is 35.5. The van der Waals surface area contributed by atoms with Gasteiger partial charge in [0.05, 0.1) is 16.6 Å². The maximum absolute atomic E-state index is 13.8. The Kier molecular flexibility index (Phi) is 4.53. The van der Waals surface area contributed by atoms with Gasteiger partial charge < -0.3 is 10.2 Å². The number of amides is 2. The maximum atomic E-state index is 13.8. The summed E-state index contributed by atoms with van der Waals surface area (Å²) >= 11 is 5.90. The van der Waals surface area contributed by atoms with Gasteiger partial charge in [-0.15, -0.1) is 0 Å². The van der Waals surface area contributed by atoms with Crippen molar-refractivity contribution >= 4 is 29.1 Å². The molecule has 3 rings (SSSR count). The van der Waals surface area contributed by atoms with E-state index in [1.165, 1.54) is 18.2 Å². The van der Waals surface area contributed by atoms with Crippen LogP contribution in [0.25, 0.3) is 0 Å². The van der Waals surface area contributed by atoms with E-state index in [1.54, 1.807) is 4.90 Å². The monoisotopic (exact) mass is 346 g/mol. The van der Waals surface area contributed by atoms with E-state index in [1.807, 2.05) is 31.2 Å². The van der Waals surface area contributed by atoms with Crippen molar-refractivity contribution in [1.29, 1.82) is 0 Å². The van der Waals surface area contributed by atoms with E-state index in [-0.39, 0.29) is 29.0 Å². The molecule has 1 atom stereocenters. The number of hydrogen-bond donors (Lipinski definition) is 1. The zero-order valence-electron chi connectivity index (χ0n) is 13.1. The van der Waals surface area contributed by atoms with Crippen LogP contribution in [0.3, 0.4) is 0 Å². The van der Waals surface area contributed by atoms with Crippen LogP contribution in [-0.4, -0.2) is 24.4 Å². The van der Waals surface area contributed by atoms with Gasteiger partial charge in [0.2, 0.25) is 5.91 Å². The first-order valence-corrected chi connectivity index (χ1v) is 7.95. The molecule has 0 unspecified atom stereocenters. The molecule has 2 amide bonds. The van der Waals surface area contributed by atoms with Gasteiger partial charge in [-0.1, -0.05) is 35.4 Å². The molecule has 0 radical (unpaired) electrons. The molecule has 1 aliphatic heterocycles. The fourth-order valence-electron chi connectivity index (χ4n) is 2.75. The normalized spacial score (nSPS) is 17.2. The van der Waals surface area contributed by atoms with Gasteiger partial charge in [0.1, 0.15) is 5.82 Å². The van der Waals surface area contributed by atoms with E-state index in [0.29, 0.717) is 6.54 Å². The first-order valence-electron chi connectivity index (χ1n) is 7.57. The van der Waals surface area contributed by atoms with Gasteiger partial charge in [-0.3, -0.25) is 9.59 Å². The van der Waals surface area contributed by atoms with E-state index in [9.17, 15) is 14.0 Å². The smallest absolute Gasteiger partial charge is 0.256 e. The lowest BCUT2D eigenvalue weighted by molar-refractivity contribution is -0.117. The van der Waals surface area contributed by atoms with Crippen LogP contribution >= 0.6 is 11.6 Å². The van der Waals surface area contributed by atoms with E-state index < -0.39 is 11.7 Å². The molecule has 0 aliphatic carbocycles. The highest BCUT2D eigenvalue weighted by molar-refractivity contribution is 6.33. The highest BCUT2D eigenvalue weighted by Crippen LogP contribution is 2.23. The van der Waals surface area contributed by atoms with Crippen molar-refractivity contribution < 1.29 is 14.0 Å². The molecule has 1 aliphatic rings. The van der Waals surface area contributed by atoms with Crippen molar-refractivity contribution in [3.05, 3.63) is 64.4 Å². The second-order valence-electron chi connectivity index (χ2n) is 5.81. The summed E-state index contributed by atoms with van der Waals surface area (Å²) in [7, 11) is 0. The minimum atomic E-state index is -0.681. The Bertz CT molecular complexity index is 772. The molecule has 2 aromatic rings. The summed E-state index contributed by atoms with van der Waals surface area (Å²) < 4.78 is 13.8. The van der Waals surface area contributed by atoms with Crippen molar-refractivity contribution in [3.63, 3.8) is 0 Å². The third-order valence-electron chi connectivity index (χ3n) is 4.00. The number of nitrogens with one attached hydrogen (secondary N) is 1. The second kappa shape index (κ2) is 6.61. The van der Waals surface area contributed by atoms with Crippen LogP contribution in [0.5, 0.6) is 0 Å². The molecule has 2 aromatic carbocycles. The van der Waals surface area contributed by atoms with Crippen molar-refractivity contribution in [1.82, 2.24) is 5.32 Å². The summed E-state index contributed by atoms with van der Waals surface area (Å²) in [6, 6.07) is 11.3. The van der Waals surface area contributed by atoms with Crippen molar-refractivity contribution in [3.8, 4) is 0 Å². The summed E-state index contributed by atoms with van der Waals surface area (Å²) in [6.07, 6.45) is 0.172. The molecule has 1 N–H and O–H groups in total. The molecule has 0 spiro atoms. The molecule has 24 heavy (non-hydrogen) atoms. The third-order valence-corrected chi connectivity index (χ3v) is 4.31. The van der Waals surface area contributed by atoms with Crippen LogP contribution < -0.4 is 10.2 Å². The molecule has 1 fully saturated rings. The van der Waals surface area contributed by atoms with Crippen LogP contribution in [0.1, 0.15) is 22.3 Å². The molecule has 0 aromatic heterocycles. The number of carbonyl (C=O) groups excluding carboxylic acids is 2. The topological polar surface area (TPSA) is 49.4 Å². The number of rotatable bonds is 3. The molecule has 0 bridgehead atoms. The molecular weight excluding hydrogens is 331 g/mol. The Morgan fingerprint density at radius 1 is 1.25 bits per heavy atom. The van der Waals surface area contributed by atoms with E-state index in [4.69, 9.17) is 11.6 Å². The van der Waals surface area contributed by atoms with Gasteiger partial charge in [0.15, 0.2) is 0 Å². The zero-order chi connectivity index (χ0) is 17.3. The molecule has 1 heterocycles. The molecule has 124 valence electrons. The number of benzene rings is 2. The van der Waals surface area contributed by atoms with Crippen LogP contribution in [0.15, 0.2) is 42.5 Å². The van der Waals surface area contributed by atoms with Crippen molar-refractivity contribution in [2.24, 2.45) is 0 Å². The lowest BCUT2D eigenvalue weighted by atomic mass is 10.1. The lowest BCUT2D eigenvalue weighted by Crippen LogP contribution is -2.37. The third kappa shape index (κ3) is 3.26. The van der Waals surface area contributed by atoms with E-state index in [2.05, 4.69) is 5.32 Å². The first-order chi connectivity index (χ1) is 11.5. The van der Waals surface area contributed by atoms with Gasteiger partial charge in [0.25, 0.3) is 5.91 Å². The van der Waals surface area contributed by atoms with Crippen LogP contribution in [-0.2, 0) is 4.79 Å². The Labute approximate surface area is 144 Å². The predicted molar refractivity (Wildman–Crippen MR) is 90.8 cm³/mol. The quantitative estimate of drug-likeness (QED) is 0.926. The molecular formula is C18H16ClFN2O2. The highest BCUT2D eigenvalue weighted by Gasteiger charge is 2.32.